The molecule has 0 aliphatic carbocycles. The number of anilines is 1. The molecule has 176 valence electrons. The normalized spacial score (nSPS) is 17.8. The Morgan fingerprint density at radius 1 is 1.12 bits per heavy atom. The zero-order chi connectivity index (χ0) is 24.0. The molecule has 1 aliphatic rings. The number of aliphatic imine (C=N–C) groups is 1. The van der Waals surface area contributed by atoms with Gasteiger partial charge < -0.3 is 15.3 Å². The fraction of sp³-hybridized carbons (Fsp3) is 0.444. The van der Waals surface area contributed by atoms with Crippen LogP contribution in [0.2, 0.25) is 0 Å². The SMILES string of the molecule is CCCC[C@H](O)C(CC(C)C)C(=O)N[C@@H]1N=C(c2ccccc2)c2ccccc2N(C)C1=O. The van der Waals surface area contributed by atoms with Crippen LogP contribution in [0.25, 0.3) is 0 Å². The van der Waals surface area contributed by atoms with Crippen LogP contribution in [0.1, 0.15) is 57.6 Å². The highest BCUT2D eigenvalue weighted by Crippen LogP contribution is 2.27. The van der Waals surface area contributed by atoms with E-state index in [-0.39, 0.29) is 17.7 Å². The van der Waals surface area contributed by atoms with Crippen molar-refractivity contribution in [2.24, 2.45) is 16.8 Å². The van der Waals surface area contributed by atoms with Crippen molar-refractivity contribution >= 4 is 23.2 Å². The molecule has 0 saturated carbocycles. The Bertz CT molecular complexity index is 987. The summed E-state index contributed by atoms with van der Waals surface area (Å²) >= 11 is 0. The van der Waals surface area contributed by atoms with E-state index in [1.165, 1.54) is 0 Å². The molecule has 2 aromatic carbocycles. The van der Waals surface area contributed by atoms with E-state index in [1.54, 1.807) is 11.9 Å². The highest BCUT2D eigenvalue weighted by Gasteiger charge is 2.34. The van der Waals surface area contributed by atoms with Gasteiger partial charge in [-0.25, -0.2) is 4.99 Å². The summed E-state index contributed by atoms with van der Waals surface area (Å²) in [5.74, 6) is -0.998. The Morgan fingerprint density at radius 2 is 1.79 bits per heavy atom. The van der Waals surface area contributed by atoms with E-state index < -0.39 is 18.2 Å². The van der Waals surface area contributed by atoms with Crippen molar-refractivity contribution in [2.45, 2.75) is 58.7 Å². The topological polar surface area (TPSA) is 82.0 Å². The lowest BCUT2D eigenvalue weighted by atomic mass is 9.88. The average molecular weight is 450 g/mol. The second kappa shape index (κ2) is 11.2. The molecule has 0 fully saturated rings. The van der Waals surface area contributed by atoms with E-state index in [9.17, 15) is 14.7 Å². The monoisotopic (exact) mass is 449 g/mol. The lowest BCUT2D eigenvalue weighted by molar-refractivity contribution is -0.133. The van der Waals surface area contributed by atoms with Crippen LogP contribution in [0, 0.1) is 11.8 Å². The number of aliphatic hydroxyl groups is 1. The molecule has 2 aromatic rings. The van der Waals surface area contributed by atoms with Gasteiger partial charge in [0, 0.05) is 18.2 Å². The van der Waals surface area contributed by atoms with Gasteiger partial charge in [0.05, 0.1) is 23.4 Å². The van der Waals surface area contributed by atoms with Gasteiger partial charge in [-0.3, -0.25) is 9.59 Å². The number of likely N-dealkylation sites (N-methyl/N-ethyl adjacent to an activating group) is 1. The number of carbonyl (C=O) groups excluding carboxylic acids is 2. The second-order valence-corrected chi connectivity index (χ2v) is 9.11. The Kier molecular flexibility index (Phi) is 8.39. The van der Waals surface area contributed by atoms with Crippen LogP contribution in [0.4, 0.5) is 5.69 Å². The first-order valence-electron chi connectivity index (χ1n) is 11.8. The number of carbonyl (C=O) groups is 2. The maximum absolute atomic E-state index is 13.3. The number of nitrogens with zero attached hydrogens (tertiary/aromatic N) is 2. The number of unbranched alkanes of at least 4 members (excludes halogenated alkanes) is 1. The average Bonchev–Trinajstić information content (AvgIpc) is 2.92. The molecular formula is C27H35N3O3. The fourth-order valence-corrected chi connectivity index (χ4v) is 4.25. The predicted molar refractivity (Wildman–Crippen MR) is 132 cm³/mol. The molecule has 33 heavy (non-hydrogen) atoms. The number of benzene rings is 2. The zero-order valence-corrected chi connectivity index (χ0v) is 20.0. The fourth-order valence-electron chi connectivity index (χ4n) is 4.25. The molecule has 2 amide bonds. The van der Waals surface area contributed by atoms with E-state index in [2.05, 4.69) is 12.2 Å². The van der Waals surface area contributed by atoms with Crippen molar-refractivity contribution in [1.82, 2.24) is 5.32 Å². The van der Waals surface area contributed by atoms with Crippen molar-refractivity contribution in [3.63, 3.8) is 0 Å². The van der Waals surface area contributed by atoms with E-state index in [1.807, 2.05) is 68.4 Å². The van der Waals surface area contributed by atoms with Gasteiger partial charge in [0.25, 0.3) is 5.91 Å². The molecule has 0 saturated heterocycles. The summed E-state index contributed by atoms with van der Waals surface area (Å²) in [7, 11) is 1.70. The maximum atomic E-state index is 13.3. The van der Waals surface area contributed by atoms with Gasteiger partial charge in [0.15, 0.2) is 0 Å². The Balaban J connectivity index is 1.97. The van der Waals surface area contributed by atoms with Crippen LogP contribution >= 0.6 is 0 Å². The lowest BCUT2D eigenvalue weighted by Crippen LogP contribution is -2.49. The second-order valence-electron chi connectivity index (χ2n) is 9.11. The third-order valence-corrected chi connectivity index (χ3v) is 6.05. The predicted octanol–water partition coefficient (Wildman–Crippen LogP) is 4.16. The van der Waals surface area contributed by atoms with Crippen molar-refractivity contribution in [2.75, 3.05) is 11.9 Å². The minimum absolute atomic E-state index is 0.233. The first kappa shape index (κ1) is 24.6. The molecule has 0 radical (unpaired) electrons. The third-order valence-electron chi connectivity index (χ3n) is 6.05. The quantitative estimate of drug-likeness (QED) is 0.603. The number of hydrogen-bond donors (Lipinski definition) is 2. The van der Waals surface area contributed by atoms with Gasteiger partial charge in [0.1, 0.15) is 0 Å². The summed E-state index contributed by atoms with van der Waals surface area (Å²) in [5.41, 5.74) is 3.09. The Hall–Kier alpha value is -2.99. The molecule has 1 aliphatic heterocycles. The van der Waals surface area contributed by atoms with Gasteiger partial charge in [0.2, 0.25) is 12.1 Å². The van der Waals surface area contributed by atoms with Crippen molar-refractivity contribution in [3.8, 4) is 0 Å². The van der Waals surface area contributed by atoms with E-state index in [0.29, 0.717) is 18.6 Å². The van der Waals surface area contributed by atoms with Crippen LogP contribution in [-0.4, -0.2) is 41.9 Å². The number of aliphatic hydroxyl groups excluding tert-OH is 1. The Labute approximate surface area is 196 Å². The van der Waals surface area contributed by atoms with Gasteiger partial charge in [-0.15, -0.1) is 0 Å². The van der Waals surface area contributed by atoms with Gasteiger partial charge in [-0.1, -0.05) is 82.1 Å². The van der Waals surface area contributed by atoms with Crippen LogP contribution in [0.3, 0.4) is 0 Å². The molecule has 3 rings (SSSR count). The first-order valence-corrected chi connectivity index (χ1v) is 11.8. The number of rotatable bonds is 9. The van der Waals surface area contributed by atoms with Gasteiger partial charge in [-0.05, 0) is 24.8 Å². The first-order chi connectivity index (χ1) is 15.8. The van der Waals surface area contributed by atoms with Crippen LogP contribution < -0.4 is 10.2 Å². The number of amides is 2. The molecular weight excluding hydrogens is 414 g/mol. The van der Waals surface area contributed by atoms with Gasteiger partial charge >= 0.3 is 0 Å². The Morgan fingerprint density at radius 3 is 2.45 bits per heavy atom. The number of para-hydroxylation sites is 1. The smallest absolute Gasteiger partial charge is 0.272 e. The van der Waals surface area contributed by atoms with E-state index in [0.717, 1.165) is 29.7 Å². The summed E-state index contributed by atoms with van der Waals surface area (Å²) in [4.78, 5) is 33.0. The van der Waals surface area contributed by atoms with E-state index in [4.69, 9.17) is 4.99 Å². The minimum Gasteiger partial charge on any atom is -0.392 e. The molecule has 0 spiro atoms. The lowest BCUT2D eigenvalue weighted by Gasteiger charge is -2.26. The maximum Gasteiger partial charge on any atom is 0.272 e. The minimum atomic E-state index is -1.07. The number of nitrogens with one attached hydrogen (secondary N) is 1. The third kappa shape index (κ3) is 5.88. The van der Waals surface area contributed by atoms with Crippen molar-refractivity contribution in [3.05, 3.63) is 65.7 Å². The van der Waals surface area contributed by atoms with Crippen LogP contribution in [0.15, 0.2) is 59.6 Å². The molecule has 2 N–H and O–H groups in total. The standard InChI is InChI=1S/C27H35N3O3/c1-5-6-16-23(31)21(17-18(2)3)26(32)29-25-27(33)30(4)22-15-11-10-14-20(22)24(28-25)19-12-8-7-9-13-19/h7-15,18,21,23,25,31H,5-6,16-17H2,1-4H3,(H,29,32)/t21?,23-,25-/m0/s1. The molecule has 1 heterocycles. The molecule has 6 heteroatoms. The van der Waals surface area contributed by atoms with Crippen LogP contribution in [0.5, 0.6) is 0 Å². The number of benzodiazepines with no additional fused rings is 1. The largest absolute Gasteiger partial charge is 0.392 e. The number of fused-ring (bicyclic) bond motifs is 1. The zero-order valence-electron chi connectivity index (χ0n) is 20.0. The summed E-state index contributed by atoms with van der Waals surface area (Å²) in [6, 6.07) is 17.3. The summed E-state index contributed by atoms with van der Waals surface area (Å²) in [6.07, 6.45) is 1.08. The summed E-state index contributed by atoms with van der Waals surface area (Å²) < 4.78 is 0. The summed E-state index contributed by atoms with van der Waals surface area (Å²) in [5, 5.41) is 13.6. The number of hydrogen-bond acceptors (Lipinski definition) is 4. The molecule has 1 unspecified atom stereocenters. The van der Waals surface area contributed by atoms with E-state index >= 15 is 0 Å². The molecule has 0 aromatic heterocycles. The molecule has 3 atom stereocenters. The van der Waals surface area contributed by atoms with Crippen molar-refractivity contribution in [1.29, 1.82) is 0 Å². The molecule has 6 nitrogen and oxygen atoms in total. The van der Waals surface area contributed by atoms with Crippen LogP contribution in [-0.2, 0) is 9.59 Å². The highest BCUT2D eigenvalue weighted by atomic mass is 16.3. The highest BCUT2D eigenvalue weighted by molar-refractivity contribution is 6.20. The molecule has 0 bridgehead atoms. The van der Waals surface area contributed by atoms with Crippen molar-refractivity contribution < 1.29 is 14.7 Å². The van der Waals surface area contributed by atoms with Gasteiger partial charge in [-0.2, -0.15) is 0 Å². The summed E-state index contributed by atoms with van der Waals surface area (Å²) in [6.45, 7) is 6.11.